The third-order valence-electron chi connectivity index (χ3n) is 3.54. The van der Waals surface area contributed by atoms with Crippen molar-refractivity contribution in [3.8, 4) is 5.75 Å². The average Bonchev–Trinajstić information content (AvgIpc) is 2.90. The Balaban J connectivity index is 1.90. The molecule has 0 unspecified atom stereocenters. The first-order valence-electron chi connectivity index (χ1n) is 6.63. The van der Waals surface area contributed by atoms with Crippen molar-refractivity contribution in [2.24, 2.45) is 5.10 Å². The zero-order valence-electron chi connectivity index (χ0n) is 11.2. The van der Waals surface area contributed by atoms with E-state index in [-0.39, 0.29) is 11.3 Å². The van der Waals surface area contributed by atoms with Crippen LogP contribution in [0.25, 0.3) is 0 Å². The molecule has 0 spiro atoms. The minimum Gasteiger partial charge on any atom is -0.508 e. The normalized spacial score (nSPS) is 15.0. The van der Waals surface area contributed by atoms with Gasteiger partial charge in [-0.15, -0.1) is 0 Å². The van der Waals surface area contributed by atoms with Crippen molar-refractivity contribution in [2.75, 3.05) is 5.43 Å². The predicted molar refractivity (Wildman–Crippen MR) is 80.0 cm³/mol. The van der Waals surface area contributed by atoms with E-state index in [0.717, 1.165) is 29.7 Å². The van der Waals surface area contributed by atoms with Gasteiger partial charge in [0.15, 0.2) is 0 Å². The van der Waals surface area contributed by atoms with Crippen LogP contribution in [0.1, 0.15) is 27.9 Å². The lowest BCUT2D eigenvalue weighted by molar-refractivity contribution is 0.0698. The summed E-state index contributed by atoms with van der Waals surface area (Å²) in [5, 5.41) is 23.2. The first kappa shape index (κ1) is 13.2. The molecule has 2 aromatic rings. The third kappa shape index (κ3) is 2.45. The summed E-state index contributed by atoms with van der Waals surface area (Å²) in [5.41, 5.74) is 6.08. The lowest BCUT2D eigenvalue weighted by Crippen LogP contribution is -2.04. The maximum atomic E-state index is 11.1. The first-order valence-corrected chi connectivity index (χ1v) is 6.63. The maximum absolute atomic E-state index is 11.1. The second kappa shape index (κ2) is 5.28. The number of carboxylic acid groups (broad SMARTS) is 1. The van der Waals surface area contributed by atoms with E-state index in [2.05, 4.69) is 10.5 Å². The van der Waals surface area contributed by atoms with Gasteiger partial charge in [-0.05, 0) is 31.0 Å². The summed E-state index contributed by atoms with van der Waals surface area (Å²) in [6.45, 7) is 0. The van der Waals surface area contributed by atoms with E-state index in [9.17, 15) is 9.90 Å². The van der Waals surface area contributed by atoms with E-state index in [4.69, 9.17) is 5.11 Å². The Morgan fingerprint density at radius 2 is 1.90 bits per heavy atom. The molecule has 1 aliphatic rings. The van der Waals surface area contributed by atoms with Crippen molar-refractivity contribution >= 4 is 17.4 Å². The predicted octanol–water partition coefficient (Wildman–Crippen LogP) is 2.85. The van der Waals surface area contributed by atoms with Gasteiger partial charge in [0, 0.05) is 11.1 Å². The van der Waals surface area contributed by atoms with Crippen LogP contribution in [0.2, 0.25) is 0 Å². The Bertz CT molecular complexity index is 738. The van der Waals surface area contributed by atoms with Crippen molar-refractivity contribution in [1.82, 2.24) is 0 Å². The molecule has 0 aliphatic heterocycles. The van der Waals surface area contributed by atoms with E-state index in [1.807, 2.05) is 6.07 Å². The molecular formula is C16H14N2O3. The van der Waals surface area contributed by atoms with Crippen molar-refractivity contribution in [3.05, 3.63) is 59.2 Å². The topological polar surface area (TPSA) is 81.9 Å². The fourth-order valence-corrected chi connectivity index (χ4v) is 2.50. The molecule has 0 fully saturated rings. The van der Waals surface area contributed by atoms with Crippen molar-refractivity contribution in [3.63, 3.8) is 0 Å². The highest BCUT2D eigenvalue weighted by Gasteiger charge is 2.20. The SMILES string of the molecule is O=C(O)c1ccccc1N/N=C1/CCc2c(O)cccc21. The molecule has 3 N–H and O–H groups in total. The molecule has 0 saturated heterocycles. The van der Waals surface area contributed by atoms with Gasteiger partial charge in [-0.3, -0.25) is 5.43 Å². The van der Waals surface area contributed by atoms with Gasteiger partial charge in [-0.2, -0.15) is 5.10 Å². The van der Waals surface area contributed by atoms with Gasteiger partial charge in [-0.1, -0.05) is 24.3 Å². The number of carbonyl (C=O) groups is 1. The number of hydrogen-bond donors (Lipinski definition) is 3. The maximum Gasteiger partial charge on any atom is 0.337 e. The highest BCUT2D eigenvalue weighted by atomic mass is 16.4. The average molecular weight is 282 g/mol. The van der Waals surface area contributed by atoms with Crippen molar-refractivity contribution < 1.29 is 15.0 Å². The summed E-state index contributed by atoms with van der Waals surface area (Å²) >= 11 is 0. The lowest BCUT2D eigenvalue weighted by atomic mass is 10.1. The number of carboxylic acids is 1. The molecule has 1 aliphatic carbocycles. The second-order valence-corrected chi connectivity index (χ2v) is 4.82. The van der Waals surface area contributed by atoms with Gasteiger partial charge < -0.3 is 10.2 Å². The standard InChI is InChI=1S/C16H14N2O3/c19-15-7-3-5-10-11(15)8-9-14(10)18-17-13-6-2-1-4-12(13)16(20)21/h1-7,17,19H,8-9H2,(H,20,21)/b18-14-. The fraction of sp³-hybridized carbons (Fsp3) is 0.125. The number of nitrogens with one attached hydrogen (secondary N) is 1. The number of fused-ring (bicyclic) bond motifs is 1. The molecular weight excluding hydrogens is 268 g/mol. The van der Waals surface area contributed by atoms with Crippen LogP contribution in [0.15, 0.2) is 47.6 Å². The highest BCUT2D eigenvalue weighted by Crippen LogP contribution is 2.30. The van der Waals surface area contributed by atoms with E-state index < -0.39 is 5.97 Å². The monoisotopic (exact) mass is 282 g/mol. The molecule has 0 atom stereocenters. The van der Waals surface area contributed by atoms with Gasteiger partial charge in [0.2, 0.25) is 0 Å². The summed E-state index contributed by atoms with van der Waals surface area (Å²) in [5.74, 6) is -0.716. The zero-order chi connectivity index (χ0) is 14.8. The number of anilines is 1. The molecule has 0 radical (unpaired) electrons. The summed E-state index contributed by atoms with van der Waals surface area (Å²) in [7, 11) is 0. The van der Waals surface area contributed by atoms with Crippen LogP contribution in [0.4, 0.5) is 5.69 Å². The number of aromatic carboxylic acids is 1. The summed E-state index contributed by atoms with van der Waals surface area (Å²) in [6.07, 6.45) is 1.46. The van der Waals surface area contributed by atoms with E-state index in [1.54, 1.807) is 30.3 Å². The molecule has 0 amide bonds. The number of rotatable bonds is 3. The van der Waals surface area contributed by atoms with Crippen molar-refractivity contribution in [2.45, 2.75) is 12.8 Å². The highest BCUT2D eigenvalue weighted by molar-refractivity contribution is 6.05. The minimum absolute atomic E-state index is 0.177. The smallest absolute Gasteiger partial charge is 0.337 e. The Hall–Kier alpha value is -2.82. The fourth-order valence-electron chi connectivity index (χ4n) is 2.50. The molecule has 21 heavy (non-hydrogen) atoms. The minimum atomic E-state index is -0.997. The molecule has 2 aromatic carbocycles. The number of para-hydroxylation sites is 1. The van der Waals surface area contributed by atoms with E-state index >= 15 is 0 Å². The van der Waals surface area contributed by atoms with Crippen LogP contribution in [0.3, 0.4) is 0 Å². The zero-order valence-corrected chi connectivity index (χ0v) is 11.2. The van der Waals surface area contributed by atoms with Gasteiger partial charge >= 0.3 is 5.97 Å². The largest absolute Gasteiger partial charge is 0.508 e. The van der Waals surface area contributed by atoms with Crippen LogP contribution >= 0.6 is 0 Å². The molecule has 106 valence electrons. The Morgan fingerprint density at radius 3 is 2.71 bits per heavy atom. The number of nitrogens with zero attached hydrogens (tertiary/aromatic N) is 1. The molecule has 0 heterocycles. The number of hydrogen-bond acceptors (Lipinski definition) is 4. The van der Waals surface area contributed by atoms with Gasteiger partial charge in [-0.25, -0.2) is 4.79 Å². The summed E-state index contributed by atoms with van der Waals surface area (Å²) in [6, 6.07) is 12.0. The van der Waals surface area contributed by atoms with Crippen molar-refractivity contribution in [1.29, 1.82) is 0 Å². The molecule has 0 saturated carbocycles. The Kier molecular flexibility index (Phi) is 3.31. The Morgan fingerprint density at radius 1 is 1.10 bits per heavy atom. The number of benzene rings is 2. The number of hydrazone groups is 1. The van der Waals surface area contributed by atoms with E-state index in [0.29, 0.717) is 5.69 Å². The molecule has 0 aromatic heterocycles. The molecule has 0 bridgehead atoms. The number of aromatic hydroxyl groups is 1. The van der Waals surface area contributed by atoms with Crippen LogP contribution in [0, 0.1) is 0 Å². The van der Waals surface area contributed by atoms with Crippen LogP contribution in [-0.4, -0.2) is 21.9 Å². The second-order valence-electron chi connectivity index (χ2n) is 4.82. The number of phenols is 1. The number of phenolic OH excluding ortho intramolecular Hbond substituents is 1. The van der Waals surface area contributed by atoms with Crippen LogP contribution in [0.5, 0.6) is 5.75 Å². The van der Waals surface area contributed by atoms with Gasteiger partial charge in [0.25, 0.3) is 0 Å². The van der Waals surface area contributed by atoms with Crippen LogP contribution < -0.4 is 5.43 Å². The van der Waals surface area contributed by atoms with Gasteiger partial charge in [0.05, 0.1) is 17.0 Å². The summed E-state index contributed by atoms with van der Waals surface area (Å²) in [4.78, 5) is 11.1. The lowest BCUT2D eigenvalue weighted by Gasteiger charge is -2.06. The molecule has 5 heteroatoms. The third-order valence-corrected chi connectivity index (χ3v) is 3.54. The Labute approximate surface area is 121 Å². The molecule has 3 rings (SSSR count). The van der Waals surface area contributed by atoms with Crippen LogP contribution in [-0.2, 0) is 6.42 Å². The first-order chi connectivity index (χ1) is 10.2. The summed E-state index contributed by atoms with van der Waals surface area (Å²) < 4.78 is 0. The quantitative estimate of drug-likeness (QED) is 0.756. The van der Waals surface area contributed by atoms with E-state index in [1.165, 1.54) is 6.07 Å². The van der Waals surface area contributed by atoms with Gasteiger partial charge in [0.1, 0.15) is 5.75 Å². The molecule has 5 nitrogen and oxygen atoms in total.